The summed E-state index contributed by atoms with van der Waals surface area (Å²) in [5.74, 6) is -1.14. The summed E-state index contributed by atoms with van der Waals surface area (Å²) in [5, 5.41) is 9.56. The zero-order valence-electron chi connectivity index (χ0n) is 20.6. The van der Waals surface area contributed by atoms with Crippen molar-refractivity contribution in [2.24, 2.45) is 17.3 Å². The van der Waals surface area contributed by atoms with Crippen molar-refractivity contribution >= 4 is 17.3 Å². The van der Waals surface area contributed by atoms with Crippen LogP contribution in [0.25, 0.3) is 0 Å². The molecule has 0 amide bonds. The average Bonchev–Trinajstić information content (AvgIpc) is 2.98. The van der Waals surface area contributed by atoms with Crippen molar-refractivity contribution in [3.63, 3.8) is 0 Å². The molecule has 1 fully saturated rings. The van der Waals surface area contributed by atoms with E-state index >= 15 is 0 Å². The molecule has 6 atom stereocenters. The summed E-state index contributed by atoms with van der Waals surface area (Å²) >= 11 is -1.66. The average molecular weight is 497 g/mol. The largest absolute Gasteiger partial charge is 0.598 e. The van der Waals surface area contributed by atoms with Gasteiger partial charge >= 0.3 is 12.6 Å². The molecule has 3 rings (SSSR count). The Morgan fingerprint density at radius 1 is 1.32 bits per heavy atom. The minimum atomic E-state index is -2.88. The first-order valence-corrected chi connectivity index (χ1v) is 12.8. The normalized spacial score (nSPS) is 31.9. The van der Waals surface area contributed by atoms with E-state index in [1.54, 1.807) is 19.1 Å². The van der Waals surface area contributed by atoms with Crippen LogP contribution in [0.4, 0.5) is 8.78 Å². The molecule has 0 saturated heterocycles. The van der Waals surface area contributed by atoms with Crippen LogP contribution in [-0.4, -0.2) is 34.6 Å². The summed E-state index contributed by atoms with van der Waals surface area (Å²) in [6.07, 6.45) is 0.575. The quantitative estimate of drug-likeness (QED) is 0.458. The maximum Gasteiger partial charge on any atom is 0.345 e. The van der Waals surface area contributed by atoms with Gasteiger partial charge in [0.15, 0.2) is 5.54 Å². The zero-order valence-corrected chi connectivity index (χ0v) is 21.4. The molecule has 1 saturated carbocycles. The first kappa shape index (κ1) is 26.9. The molecule has 1 aromatic rings. The van der Waals surface area contributed by atoms with Gasteiger partial charge in [-0.1, -0.05) is 19.9 Å². The minimum Gasteiger partial charge on any atom is -0.598 e. The Labute approximate surface area is 203 Å². The lowest BCUT2D eigenvalue weighted by Gasteiger charge is -2.52. The molecule has 34 heavy (non-hydrogen) atoms. The van der Waals surface area contributed by atoms with Gasteiger partial charge in [0, 0.05) is 16.8 Å². The van der Waals surface area contributed by atoms with Crippen molar-refractivity contribution < 1.29 is 27.6 Å². The van der Waals surface area contributed by atoms with E-state index in [1.807, 2.05) is 40.7 Å². The smallest absolute Gasteiger partial charge is 0.345 e. The fourth-order valence-corrected chi connectivity index (χ4v) is 6.94. The van der Waals surface area contributed by atoms with Crippen LogP contribution < -0.4 is 4.72 Å². The van der Waals surface area contributed by atoms with E-state index in [-0.39, 0.29) is 18.4 Å². The van der Waals surface area contributed by atoms with Gasteiger partial charge in [0.2, 0.25) is 0 Å². The molecule has 6 nitrogen and oxygen atoms in total. The maximum absolute atomic E-state index is 13.9. The number of carbonyl (C=O) groups is 1. The van der Waals surface area contributed by atoms with Crippen LogP contribution in [-0.2, 0) is 37.6 Å². The highest BCUT2D eigenvalue weighted by Gasteiger charge is 2.68. The number of ether oxygens (including phenoxy) is 2. The zero-order chi connectivity index (χ0) is 25.5. The van der Waals surface area contributed by atoms with Crippen LogP contribution in [0.5, 0.6) is 0 Å². The molecule has 2 aliphatic rings. The summed E-state index contributed by atoms with van der Waals surface area (Å²) in [6, 6.07) is 7.33. The predicted molar refractivity (Wildman–Crippen MR) is 125 cm³/mol. The number of hydrogen-bond donors (Lipinski definition) is 1. The monoisotopic (exact) mass is 496 g/mol. The number of carbonyl (C=O) groups excluding carboxylic acids is 1. The van der Waals surface area contributed by atoms with Crippen LogP contribution in [0.1, 0.15) is 71.1 Å². The molecule has 0 aromatic heterocycles. The van der Waals surface area contributed by atoms with Gasteiger partial charge in [0.05, 0.1) is 24.3 Å². The molecule has 0 radical (unpaired) electrons. The number of hydrogen-bond acceptors (Lipinski definition) is 6. The van der Waals surface area contributed by atoms with Crippen molar-refractivity contribution in [1.82, 2.24) is 4.72 Å². The standard InChI is InChI=1S/C25H34F2N2O4S/c1-7-32-21(30)25(29-34(31)23(4,5)6)19-10-17(14-28)8-9-18(19)13-24(25)11-15(2)20(16(3)12-24)33-22(26)27/h8-10,15-16,20,22,29H,7,11-13H2,1-6H3/t15-,16+,20+,24+,25-,34+/m1/s1. The number of alkyl halides is 2. The highest BCUT2D eigenvalue weighted by atomic mass is 32.2. The third-order valence-corrected chi connectivity index (χ3v) is 8.76. The molecule has 188 valence electrons. The van der Waals surface area contributed by atoms with Gasteiger partial charge in [-0.05, 0) is 82.1 Å². The van der Waals surface area contributed by atoms with Crippen molar-refractivity contribution in [2.75, 3.05) is 6.61 Å². The molecule has 1 aromatic carbocycles. The maximum atomic E-state index is 13.9. The van der Waals surface area contributed by atoms with Crippen LogP contribution >= 0.6 is 0 Å². The number of nitrogens with zero attached hydrogens (tertiary/aromatic N) is 1. The van der Waals surface area contributed by atoms with E-state index in [4.69, 9.17) is 9.47 Å². The summed E-state index contributed by atoms with van der Waals surface area (Å²) in [5.41, 5.74) is -0.476. The van der Waals surface area contributed by atoms with E-state index < -0.39 is 45.7 Å². The second kappa shape index (κ2) is 9.73. The number of esters is 1. The number of rotatable bonds is 6. The Kier molecular flexibility index (Phi) is 7.69. The predicted octanol–water partition coefficient (Wildman–Crippen LogP) is 4.58. The minimum absolute atomic E-state index is 0.121. The fraction of sp³-hybridized carbons (Fsp3) is 0.680. The van der Waals surface area contributed by atoms with Crippen LogP contribution in [0.15, 0.2) is 18.2 Å². The third kappa shape index (κ3) is 4.58. The first-order valence-electron chi connectivity index (χ1n) is 11.7. The van der Waals surface area contributed by atoms with Crippen LogP contribution in [0.3, 0.4) is 0 Å². The van der Waals surface area contributed by atoms with Gasteiger partial charge in [0.1, 0.15) is 4.75 Å². The summed E-state index contributed by atoms with van der Waals surface area (Å²) in [6.45, 7) is 8.07. The van der Waals surface area contributed by atoms with Crippen LogP contribution in [0, 0.1) is 28.6 Å². The fourth-order valence-electron chi connectivity index (χ4n) is 5.94. The SMILES string of the molecule is CCOC(=O)[C@]1(N[S@@+]([O-])C(C)(C)C)c2cc(C#N)ccc2C[C@@]12C[C@@H](C)[C@H](OC(F)F)[C@@H](C)C2. The number of nitrogens with one attached hydrogen (secondary N) is 1. The van der Waals surface area contributed by atoms with Crippen molar-refractivity contribution in [1.29, 1.82) is 5.26 Å². The Morgan fingerprint density at radius 2 is 1.94 bits per heavy atom. The van der Waals surface area contributed by atoms with Gasteiger partial charge in [0.25, 0.3) is 0 Å². The highest BCUT2D eigenvalue weighted by molar-refractivity contribution is 7.90. The summed E-state index contributed by atoms with van der Waals surface area (Å²) < 4.78 is 52.8. The van der Waals surface area contributed by atoms with Crippen molar-refractivity contribution in [2.45, 2.75) is 83.8 Å². The van der Waals surface area contributed by atoms with E-state index in [0.717, 1.165) is 5.56 Å². The molecule has 1 spiro atoms. The second-order valence-corrected chi connectivity index (χ2v) is 12.6. The third-order valence-electron chi connectivity index (χ3n) is 7.16. The van der Waals surface area contributed by atoms with E-state index in [2.05, 4.69) is 10.8 Å². The molecular formula is C25H34F2N2O4S. The molecule has 1 N–H and O–H groups in total. The van der Waals surface area contributed by atoms with Crippen LogP contribution in [0.2, 0.25) is 0 Å². The number of benzene rings is 1. The van der Waals surface area contributed by atoms with E-state index in [1.165, 1.54) is 0 Å². The van der Waals surface area contributed by atoms with Gasteiger partial charge in [-0.3, -0.25) is 0 Å². The molecule has 0 bridgehead atoms. The molecule has 9 heteroatoms. The van der Waals surface area contributed by atoms with Crippen molar-refractivity contribution in [3.8, 4) is 6.07 Å². The molecule has 0 unspecified atom stereocenters. The Hall–Kier alpha value is -1.73. The lowest BCUT2D eigenvalue weighted by Crippen LogP contribution is -2.65. The summed E-state index contributed by atoms with van der Waals surface area (Å²) in [7, 11) is 0. The van der Waals surface area contributed by atoms with E-state index in [0.29, 0.717) is 30.4 Å². The molecule has 0 aliphatic heterocycles. The number of halogens is 2. The molecule has 2 aliphatic carbocycles. The van der Waals surface area contributed by atoms with Gasteiger partial charge in [-0.2, -0.15) is 14.0 Å². The Balaban J connectivity index is 2.23. The van der Waals surface area contributed by atoms with Gasteiger partial charge in [-0.25, -0.2) is 4.79 Å². The Morgan fingerprint density at radius 3 is 2.44 bits per heavy atom. The lowest BCUT2D eigenvalue weighted by atomic mass is 9.56. The number of nitriles is 1. The first-order chi connectivity index (χ1) is 15.8. The second-order valence-electron chi connectivity index (χ2n) is 10.6. The van der Waals surface area contributed by atoms with Gasteiger partial charge < -0.3 is 14.0 Å². The Bertz CT molecular complexity index is 949. The van der Waals surface area contributed by atoms with Gasteiger partial charge in [-0.15, -0.1) is 4.72 Å². The lowest BCUT2D eigenvalue weighted by molar-refractivity contribution is -0.210. The highest BCUT2D eigenvalue weighted by Crippen LogP contribution is 2.61. The molecule has 0 heterocycles. The van der Waals surface area contributed by atoms with Crippen molar-refractivity contribution in [3.05, 3.63) is 34.9 Å². The topological polar surface area (TPSA) is 94.4 Å². The van der Waals surface area contributed by atoms with E-state index in [9.17, 15) is 23.4 Å². The molecular weight excluding hydrogens is 462 g/mol. The number of fused-ring (bicyclic) bond motifs is 1. The summed E-state index contributed by atoms with van der Waals surface area (Å²) in [4.78, 5) is 13.9.